The molecule has 0 amide bonds. The molecule has 12 rings (SSSR count). The van der Waals surface area contributed by atoms with E-state index in [-0.39, 0.29) is 0 Å². The molecule has 6 heteroatoms. The van der Waals surface area contributed by atoms with Gasteiger partial charge in [-0.3, -0.25) is 0 Å². The van der Waals surface area contributed by atoms with Gasteiger partial charge in [0, 0.05) is 64.7 Å². The molecular weight excluding hydrogens is 765 g/mol. The predicted octanol–water partition coefficient (Wildman–Crippen LogP) is 15.4. The average molecular weight is 799 g/mol. The van der Waals surface area contributed by atoms with Crippen LogP contribution in [0.3, 0.4) is 0 Å². The quantitative estimate of drug-likeness (QED) is 0.161. The van der Waals surface area contributed by atoms with Crippen molar-refractivity contribution >= 4 is 81.3 Å². The molecule has 3 heterocycles. The van der Waals surface area contributed by atoms with Gasteiger partial charge >= 0.3 is 0 Å². The van der Waals surface area contributed by atoms with Gasteiger partial charge < -0.3 is 9.32 Å². The van der Waals surface area contributed by atoms with Gasteiger partial charge in [-0.05, 0) is 76.5 Å². The van der Waals surface area contributed by atoms with E-state index in [1.54, 1.807) is 0 Å². The van der Waals surface area contributed by atoms with E-state index in [1.165, 1.54) is 20.2 Å². The second-order valence-corrected chi connectivity index (χ2v) is 16.2. The molecule has 0 aliphatic rings. The number of thiophene rings is 1. The molecule has 0 atom stereocenters. The summed E-state index contributed by atoms with van der Waals surface area (Å²) in [6, 6.07) is 72.1. The van der Waals surface area contributed by atoms with Gasteiger partial charge in [0.25, 0.3) is 0 Å². The molecule has 0 bridgehead atoms. The monoisotopic (exact) mass is 798 g/mol. The van der Waals surface area contributed by atoms with E-state index in [0.29, 0.717) is 17.5 Å². The first kappa shape index (κ1) is 35.1. The Balaban J connectivity index is 1.03. The molecule has 61 heavy (non-hydrogen) atoms. The molecule has 0 unspecified atom stereocenters. The molecule has 0 radical (unpaired) electrons. The molecular formula is C55H34N4OS. The summed E-state index contributed by atoms with van der Waals surface area (Å²) in [6.45, 7) is 0. The number of hydrogen-bond acceptors (Lipinski definition) is 6. The first-order valence-electron chi connectivity index (χ1n) is 20.3. The van der Waals surface area contributed by atoms with Crippen molar-refractivity contribution in [3.05, 3.63) is 206 Å². The Labute approximate surface area is 355 Å². The second kappa shape index (κ2) is 14.4. The minimum Gasteiger partial charge on any atom is -0.456 e. The Bertz CT molecular complexity index is 3540. The summed E-state index contributed by atoms with van der Waals surface area (Å²) in [5.74, 6) is 1.83. The van der Waals surface area contributed by atoms with Gasteiger partial charge in [-0.2, -0.15) is 0 Å². The van der Waals surface area contributed by atoms with E-state index < -0.39 is 0 Å². The van der Waals surface area contributed by atoms with Crippen LogP contribution in [0.15, 0.2) is 211 Å². The lowest BCUT2D eigenvalue weighted by Crippen LogP contribution is -2.09. The topological polar surface area (TPSA) is 55.1 Å². The largest absolute Gasteiger partial charge is 0.456 e. The number of anilines is 3. The Morgan fingerprint density at radius 3 is 1.67 bits per heavy atom. The van der Waals surface area contributed by atoms with E-state index in [1.807, 2.05) is 84.1 Å². The maximum Gasteiger partial charge on any atom is 0.164 e. The van der Waals surface area contributed by atoms with Crippen molar-refractivity contribution in [2.24, 2.45) is 0 Å². The molecule has 0 aliphatic heterocycles. The number of nitrogens with zero attached hydrogens (tertiary/aromatic N) is 4. The van der Waals surface area contributed by atoms with Crippen LogP contribution in [0.4, 0.5) is 17.1 Å². The zero-order valence-corrected chi connectivity index (χ0v) is 33.6. The lowest BCUT2D eigenvalue weighted by molar-refractivity contribution is 0.669. The molecule has 12 aromatic rings. The molecule has 0 fully saturated rings. The summed E-state index contributed by atoms with van der Waals surface area (Å²) in [5, 5.41) is 6.82. The van der Waals surface area contributed by atoms with Gasteiger partial charge in [0.15, 0.2) is 17.5 Å². The summed E-state index contributed by atoms with van der Waals surface area (Å²) in [4.78, 5) is 17.5. The van der Waals surface area contributed by atoms with E-state index in [4.69, 9.17) is 19.4 Å². The number of benzene rings is 9. The highest BCUT2D eigenvalue weighted by Gasteiger charge is 2.22. The van der Waals surface area contributed by atoms with Crippen LogP contribution in [-0.2, 0) is 0 Å². The fraction of sp³-hybridized carbons (Fsp3) is 0. The summed E-state index contributed by atoms with van der Waals surface area (Å²) < 4.78 is 9.38. The summed E-state index contributed by atoms with van der Waals surface area (Å²) in [5.41, 5.74) is 9.78. The minimum absolute atomic E-state index is 0.594. The van der Waals surface area contributed by atoms with Crippen molar-refractivity contribution < 1.29 is 4.42 Å². The Morgan fingerprint density at radius 1 is 0.344 bits per heavy atom. The van der Waals surface area contributed by atoms with Gasteiger partial charge in [0.05, 0.1) is 0 Å². The van der Waals surface area contributed by atoms with Crippen LogP contribution in [0.5, 0.6) is 0 Å². The first-order valence-corrected chi connectivity index (χ1v) is 21.2. The van der Waals surface area contributed by atoms with Crippen LogP contribution < -0.4 is 4.90 Å². The molecule has 0 spiro atoms. The normalized spacial score (nSPS) is 11.6. The van der Waals surface area contributed by atoms with Gasteiger partial charge in [-0.25, -0.2) is 15.0 Å². The smallest absolute Gasteiger partial charge is 0.164 e. The molecule has 0 N–H and O–H groups in total. The Kier molecular flexibility index (Phi) is 8.28. The zero-order valence-electron chi connectivity index (χ0n) is 32.7. The van der Waals surface area contributed by atoms with Crippen molar-refractivity contribution in [2.45, 2.75) is 0 Å². The lowest BCUT2D eigenvalue weighted by atomic mass is 9.93. The Hall–Kier alpha value is -7.93. The third kappa shape index (κ3) is 6.04. The SMILES string of the molecule is c1ccc(-c2nc(-c3ccccc3)nc(-c3cccc4oc5cc(-c6cccc(N(c7ccccc7)c7ccc8c(c7)sc7ccccc78)c6)c6ccccc6c5c34)n2)cc1. The van der Waals surface area contributed by atoms with Crippen LogP contribution in [0.2, 0.25) is 0 Å². The van der Waals surface area contributed by atoms with Gasteiger partial charge in [-0.15, -0.1) is 11.3 Å². The standard InChI is InChI=1S/C55H34N4OS/c1-4-16-35(17-5-1)53-56-54(36-18-6-2-7-19-36)58-55(57-53)45-27-15-28-47-52(45)51-44-26-11-10-24-41(44)46(34-48(51)60-47)37-20-14-23-39(32-37)59(38-21-8-3-9-22-38)40-30-31-43-42-25-12-13-29-49(42)61-50(43)33-40/h1-34H. The van der Waals surface area contributed by atoms with Crippen LogP contribution in [0.25, 0.3) is 98.2 Å². The van der Waals surface area contributed by atoms with E-state index in [0.717, 1.165) is 77.6 Å². The molecule has 3 aromatic heterocycles. The number of aromatic nitrogens is 3. The second-order valence-electron chi connectivity index (χ2n) is 15.2. The maximum atomic E-state index is 6.82. The Morgan fingerprint density at radius 2 is 0.918 bits per heavy atom. The fourth-order valence-corrected chi connectivity index (χ4v) is 9.86. The van der Waals surface area contributed by atoms with Gasteiger partial charge in [0.2, 0.25) is 0 Å². The predicted molar refractivity (Wildman–Crippen MR) is 254 cm³/mol. The van der Waals surface area contributed by atoms with Crippen LogP contribution >= 0.6 is 11.3 Å². The van der Waals surface area contributed by atoms with Crippen molar-refractivity contribution in [1.29, 1.82) is 0 Å². The number of hydrogen-bond donors (Lipinski definition) is 0. The summed E-state index contributed by atoms with van der Waals surface area (Å²) in [6.07, 6.45) is 0. The van der Waals surface area contributed by atoms with E-state index >= 15 is 0 Å². The molecule has 0 saturated carbocycles. The molecule has 5 nitrogen and oxygen atoms in total. The molecule has 286 valence electrons. The van der Waals surface area contributed by atoms with Crippen molar-refractivity contribution in [3.8, 4) is 45.3 Å². The van der Waals surface area contributed by atoms with Gasteiger partial charge in [-0.1, -0.05) is 152 Å². The first-order chi connectivity index (χ1) is 30.2. The third-order valence-electron chi connectivity index (χ3n) is 11.5. The highest BCUT2D eigenvalue weighted by molar-refractivity contribution is 7.25. The zero-order chi connectivity index (χ0) is 40.3. The molecule has 9 aromatic carbocycles. The lowest BCUT2D eigenvalue weighted by Gasteiger charge is -2.26. The average Bonchev–Trinajstić information content (AvgIpc) is 3.91. The summed E-state index contributed by atoms with van der Waals surface area (Å²) >= 11 is 1.84. The molecule has 0 saturated heterocycles. The molecule has 0 aliphatic carbocycles. The highest BCUT2D eigenvalue weighted by Crippen LogP contribution is 2.45. The minimum atomic E-state index is 0.594. The van der Waals surface area contributed by atoms with Crippen LogP contribution in [-0.4, -0.2) is 15.0 Å². The number of para-hydroxylation sites is 1. The van der Waals surface area contributed by atoms with Crippen molar-refractivity contribution in [1.82, 2.24) is 15.0 Å². The number of fused-ring (bicyclic) bond motifs is 8. The van der Waals surface area contributed by atoms with Crippen LogP contribution in [0, 0.1) is 0 Å². The maximum absolute atomic E-state index is 6.82. The van der Waals surface area contributed by atoms with E-state index in [9.17, 15) is 0 Å². The fourth-order valence-electron chi connectivity index (χ4n) is 8.73. The highest BCUT2D eigenvalue weighted by atomic mass is 32.1. The number of rotatable bonds is 7. The van der Waals surface area contributed by atoms with Crippen molar-refractivity contribution in [3.63, 3.8) is 0 Å². The third-order valence-corrected chi connectivity index (χ3v) is 12.6. The van der Waals surface area contributed by atoms with E-state index in [2.05, 4.69) is 138 Å². The summed E-state index contributed by atoms with van der Waals surface area (Å²) in [7, 11) is 0. The number of furan rings is 1. The van der Waals surface area contributed by atoms with Crippen molar-refractivity contribution in [2.75, 3.05) is 4.90 Å². The van der Waals surface area contributed by atoms with Gasteiger partial charge in [0.1, 0.15) is 11.2 Å². The van der Waals surface area contributed by atoms with Crippen LogP contribution in [0.1, 0.15) is 0 Å².